The predicted octanol–water partition coefficient (Wildman–Crippen LogP) is 3.01. The second kappa shape index (κ2) is 5.76. The van der Waals surface area contributed by atoms with Gasteiger partial charge in [0.25, 0.3) is 0 Å². The van der Waals surface area contributed by atoms with Gasteiger partial charge in [0.05, 0.1) is 10.7 Å². The van der Waals surface area contributed by atoms with Gasteiger partial charge in [-0.3, -0.25) is 4.68 Å². The number of rotatable bonds is 4. The molecule has 1 fully saturated rings. The maximum Gasteiger partial charge on any atom is 0.0939 e. The summed E-state index contributed by atoms with van der Waals surface area (Å²) in [5.74, 6) is 1.14. The quantitative estimate of drug-likeness (QED) is 0.630. The Morgan fingerprint density at radius 1 is 1.53 bits per heavy atom. The lowest BCUT2D eigenvalue weighted by Gasteiger charge is -2.35. The average Bonchev–Trinajstić information content (AvgIpc) is 2.67. The van der Waals surface area contributed by atoms with E-state index in [4.69, 9.17) is 4.74 Å². The normalized spacial score (nSPS) is 19.5. The summed E-state index contributed by atoms with van der Waals surface area (Å²) in [6, 6.07) is 2.16. The summed E-state index contributed by atoms with van der Waals surface area (Å²) < 4.78 is 7.43. The topological polar surface area (TPSA) is 27.1 Å². The highest BCUT2D eigenvalue weighted by Crippen LogP contribution is 2.38. The molecular weight excluding hydrogens is 300 g/mol. The fourth-order valence-corrected chi connectivity index (χ4v) is 4.42. The van der Waals surface area contributed by atoms with Crippen LogP contribution in [0.15, 0.2) is 11.1 Å². The number of aryl methyl sites for hydroxylation is 2. The summed E-state index contributed by atoms with van der Waals surface area (Å²) in [5, 5.41) is 6.70. The Morgan fingerprint density at radius 3 is 2.76 bits per heavy atom. The first kappa shape index (κ1) is 13.4. The molecule has 96 valence electrons. The number of aromatic nitrogens is 2. The Hall–Kier alpha value is -0.0000000000000000555. The summed E-state index contributed by atoms with van der Waals surface area (Å²) in [4.78, 5) is 0. The molecule has 1 aromatic rings. The van der Waals surface area contributed by atoms with Crippen molar-refractivity contribution in [2.75, 3.05) is 24.3 Å². The summed E-state index contributed by atoms with van der Waals surface area (Å²) in [7, 11) is 2.01. The Labute approximate surface area is 115 Å². The van der Waals surface area contributed by atoms with Crippen LogP contribution in [-0.4, -0.2) is 34.1 Å². The highest BCUT2D eigenvalue weighted by atomic mass is 79.9. The van der Waals surface area contributed by atoms with Crippen LogP contribution >= 0.6 is 27.7 Å². The van der Waals surface area contributed by atoms with Crippen LogP contribution in [0.1, 0.15) is 18.5 Å². The number of hydrogen-bond donors (Lipinski definition) is 0. The summed E-state index contributed by atoms with van der Waals surface area (Å²) in [6.07, 6.45) is 2.31. The van der Waals surface area contributed by atoms with Gasteiger partial charge >= 0.3 is 0 Å². The van der Waals surface area contributed by atoms with Gasteiger partial charge in [0.1, 0.15) is 0 Å². The number of nitrogens with zero attached hydrogens (tertiary/aromatic N) is 2. The Kier molecular flexibility index (Phi) is 4.55. The first-order chi connectivity index (χ1) is 8.15. The zero-order chi connectivity index (χ0) is 12.3. The third-order valence-corrected chi connectivity index (χ3v) is 5.95. The van der Waals surface area contributed by atoms with Crippen molar-refractivity contribution in [1.82, 2.24) is 9.78 Å². The number of hydrogen-bond acceptors (Lipinski definition) is 3. The number of alkyl halides is 1. The molecule has 0 spiro atoms. The number of thioether (sulfide) groups is 1. The number of halogens is 1. The Bertz CT molecular complexity index is 375. The van der Waals surface area contributed by atoms with Gasteiger partial charge in [0.15, 0.2) is 0 Å². The van der Waals surface area contributed by atoms with Gasteiger partial charge in [-0.25, -0.2) is 0 Å². The summed E-state index contributed by atoms with van der Waals surface area (Å²) in [5.41, 5.74) is 1.48. The molecule has 2 heterocycles. The van der Waals surface area contributed by atoms with E-state index in [2.05, 4.69) is 27.1 Å². The molecule has 1 aromatic heterocycles. The van der Waals surface area contributed by atoms with Crippen LogP contribution in [-0.2, 0) is 11.8 Å². The minimum absolute atomic E-state index is 0.390. The third kappa shape index (κ3) is 3.26. The maximum absolute atomic E-state index is 5.46. The van der Waals surface area contributed by atoms with Gasteiger partial charge in [-0.2, -0.15) is 5.10 Å². The molecule has 5 heteroatoms. The van der Waals surface area contributed by atoms with Crippen LogP contribution in [0.5, 0.6) is 0 Å². The lowest BCUT2D eigenvalue weighted by atomic mass is 9.85. The second-order valence-electron chi connectivity index (χ2n) is 4.78. The van der Waals surface area contributed by atoms with Crippen molar-refractivity contribution in [3.05, 3.63) is 11.8 Å². The fraction of sp³-hybridized carbons (Fsp3) is 0.750. The van der Waals surface area contributed by atoms with Crippen LogP contribution < -0.4 is 0 Å². The van der Waals surface area contributed by atoms with Crippen LogP contribution in [0.3, 0.4) is 0 Å². The van der Waals surface area contributed by atoms with Gasteiger partial charge in [-0.15, -0.1) is 11.8 Å². The van der Waals surface area contributed by atoms with Crippen LogP contribution in [0.2, 0.25) is 0 Å². The van der Waals surface area contributed by atoms with Crippen molar-refractivity contribution in [3.63, 3.8) is 0 Å². The van der Waals surface area contributed by atoms with Crippen molar-refractivity contribution < 1.29 is 4.74 Å². The molecule has 0 bridgehead atoms. The highest BCUT2D eigenvalue weighted by Gasteiger charge is 2.31. The van der Waals surface area contributed by atoms with Crippen molar-refractivity contribution in [3.8, 4) is 0 Å². The molecule has 0 unspecified atom stereocenters. The Morgan fingerprint density at radius 2 is 2.24 bits per heavy atom. The average molecular weight is 319 g/mol. The van der Waals surface area contributed by atoms with Crippen molar-refractivity contribution in [2.45, 2.75) is 24.8 Å². The molecule has 2 rings (SSSR count). The SMILES string of the molecule is Cc1cc(SCC2(CBr)CCOCC2)n(C)n1. The van der Waals surface area contributed by atoms with Crippen molar-refractivity contribution >= 4 is 27.7 Å². The standard InChI is InChI=1S/C12H19BrN2OS/c1-10-7-11(15(2)14-10)17-9-12(8-13)3-5-16-6-4-12/h7H,3-6,8-9H2,1-2H3. The molecule has 1 saturated heterocycles. The maximum atomic E-state index is 5.46. The molecule has 0 radical (unpaired) electrons. The van der Waals surface area contributed by atoms with E-state index in [-0.39, 0.29) is 0 Å². The van der Waals surface area contributed by atoms with E-state index in [1.54, 1.807) is 0 Å². The molecule has 3 nitrogen and oxygen atoms in total. The second-order valence-corrected chi connectivity index (χ2v) is 6.34. The predicted molar refractivity (Wildman–Crippen MR) is 74.9 cm³/mol. The molecule has 0 amide bonds. The molecular formula is C12H19BrN2OS. The molecule has 1 aliphatic rings. The minimum atomic E-state index is 0.390. The van der Waals surface area contributed by atoms with Gasteiger partial charge < -0.3 is 4.74 Å². The third-order valence-electron chi connectivity index (χ3n) is 3.32. The smallest absolute Gasteiger partial charge is 0.0939 e. The first-order valence-corrected chi connectivity index (χ1v) is 8.03. The van der Waals surface area contributed by atoms with E-state index in [0.717, 1.165) is 42.8 Å². The molecule has 0 aliphatic carbocycles. The number of ether oxygens (including phenoxy) is 1. The molecule has 0 atom stereocenters. The van der Waals surface area contributed by atoms with Crippen molar-refractivity contribution in [2.24, 2.45) is 12.5 Å². The van der Waals surface area contributed by atoms with Crippen LogP contribution in [0, 0.1) is 12.3 Å². The van der Waals surface area contributed by atoms with Crippen LogP contribution in [0.4, 0.5) is 0 Å². The fourth-order valence-electron chi connectivity index (χ4n) is 2.07. The summed E-state index contributed by atoms with van der Waals surface area (Å²) in [6.45, 7) is 3.84. The van der Waals surface area contributed by atoms with E-state index in [1.807, 2.05) is 30.4 Å². The van der Waals surface area contributed by atoms with Crippen molar-refractivity contribution in [1.29, 1.82) is 0 Å². The zero-order valence-electron chi connectivity index (χ0n) is 10.4. The van der Waals surface area contributed by atoms with Gasteiger partial charge in [-0.1, -0.05) is 15.9 Å². The molecule has 0 N–H and O–H groups in total. The Balaban J connectivity index is 1.98. The van der Waals surface area contributed by atoms with E-state index in [9.17, 15) is 0 Å². The van der Waals surface area contributed by atoms with Crippen LogP contribution in [0.25, 0.3) is 0 Å². The molecule has 0 aromatic carbocycles. The van der Waals surface area contributed by atoms with E-state index in [1.165, 1.54) is 5.03 Å². The zero-order valence-corrected chi connectivity index (χ0v) is 12.8. The first-order valence-electron chi connectivity index (χ1n) is 5.92. The molecule has 0 saturated carbocycles. The summed E-state index contributed by atoms with van der Waals surface area (Å²) >= 11 is 5.59. The van der Waals surface area contributed by atoms with Gasteiger partial charge in [0.2, 0.25) is 0 Å². The lowest BCUT2D eigenvalue weighted by Crippen LogP contribution is -2.33. The largest absolute Gasteiger partial charge is 0.381 e. The molecule has 1 aliphatic heterocycles. The van der Waals surface area contributed by atoms with Gasteiger partial charge in [-0.05, 0) is 31.2 Å². The van der Waals surface area contributed by atoms with Gasteiger partial charge in [0, 0.05) is 31.3 Å². The monoisotopic (exact) mass is 318 g/mol. The minimum Gasteiger partial charge on any atom is -0.381 e. The lowest BCUT2D eigenvalue weighted by molar-refractivity contribution is 0.0374. The van der Waals surface area contributed by atoms with E-state index in [0.29, 0.717) is 5.41 Å². The molecule has 17 heavy (non-hydrogen) atoms. The van der Waals surface area contributed by atoms with E-state index < -0.39 is 0 Å². The highest BCUT2D eigenvalue weighted by molar-refractivity contribution is 9.09. The van der Waals surface area contributed by atoms with E-state index >= 15 is 0 Å².